The second-order valence-electron chi connectivity index (χ2n) is 14.4. The Bertz CT molecular complexity index is 3040. The fraction of sp³-hybridized carbons (Fsp3) is 0.0612. The average molecular weight is 668 g/mol. The first-order valence-electron chi connectivity index (χ1n) is 17.9. The van der Waals surface area contributed by atoms with Crippen molar-refractivity contribution in [3.05, 3.63) is 175 Å². The number of furan rings is 2. The van der Waals surface area contributed by atoms with E-state index in [1.807, 2.05) is 12.1 Å². The minimum Gasteiger partial charge on any atom is -0.456 e. The molecule has 1 aliphatic rings. The molecule has 0 saturated heterocycles. The van der Waals surface area contributed by atoms with E-state index in [2.05, 4.69) is 170 Å². The molecule has 8 aromatic carbocycles. The van der Waals surface area contributed by atoms with Crippen LogP contribution in [0.5, 0.6) is 0 Å². The van der Waals surface area contributed by atoms with Crippen molar-refractivity contribution >= 4 is 71.7 Å². The quantitative estimate of drug-likeness (QED) is 0.187. The summed E-state index contributed by atoms with van der Waals surface area (Å²) in [4.78, 5) is 2.41. The molecule has 0 unspecified atom stereocenters. The molecule has 1 aliphatic carbocycles. The van der Waals surface area contributed by atoms with E-state index < -0.39 is 0 Å². The number of hydrogen-bond acceptors (Lipinski definition) is 3. The van der Waals surface area contributed by atoms with Crippen molar-refractivity contribution in [3.8, 4) is 22.3 Å². The summed E-state index contributed by atoms with van der Waals surface area (Å²) >= 11 is 0. The minimum absolute atomic E-state index is 0.291. The van der Waals surface area contributed by atoms with Crippen molar-refractivity contribution in [3.63, 3.8) is 0 Å². The second-order valence-corrected chi connectivity index (χ2v) is 14.4. The number of hydrogen-bond donors (Lipinski definition) is 0. The summed E-state index contributed by atoms with van der Waals surface area (Å²) in [6.45, 7) is 4.74. The fourth-order valence-electron chi connectivity index (χ4n) is 8.89. The summed E-state index contributed by atoms with van der Waals surface area (Å²) in [5, 5.41) is 6.94. The lowest BCUT2D eigenvalue weighted by Gasteiger charge is -2.29. The Labute approximate surface area is 301 Å². The molecular weight excluding hydrogens is 635 g/mol. The predicted molar refractivity (Wildman–Crippen MR) is 216 cm³/mol. The van der Waals surface area contributed by atoms with E-state index >= 15 is 0 Å². The van der Waals surface area contributed by atoms with Crippen LogP contribution in [-0.4, -0.2) is 0 Å². The Morgan fingerprint density at radius 2 is 1.06 bits per heavy atom. The maximum Gasteiger partial charge on any atom is 0.143 e. The predicted octanol–water partition coefficient (Wildman–Crippen LogP) is 14.1. The Morgan fingerprint density at radius 3 is 1.85 bits per heavy atom. The zero-order valence-electron chi connectivity index (χ0n) is 28.9. The Hall–Kier alpha value is -6.58. The maximum atomic E-state index is 6.69. The van der Waals surface area contributed by atoms with Gasteiger partial charge in [-0.15, -0.1) is 0 Å². The van der Waals surface area contributed by atoms with Crippen LogP contribution in [0.4, 0.5) is 17.1 Å². The monoisotopic (exact) mass is 667 g/mol. The van der Waals surface area contributed by atoms with Crippen LogP contribution < -0.4 is 4.90 Å². The van der Waals surface area contributed by atoms with E-state index in [0.29, 0.717) is 0 Å². The normalized spacial score (nSPS) is 13.3. The summed E-state index contributed by atoms with van der Waals surface area (Å²) in [7, 11) is 0. The summed E-state index contributed by atoms with van der Waals surface area (Å²) in [5.41, 5.74) is 14.1. The van der Waals surface area contributed by atoms with Crippen molar-refractivity contribution in [2.45, 2.75) is 19.3 Å². The topological polar surface area (TPSA) is 29.5 Å². The van der Waals surface area contributed by atoms with Gasteiger partial charge in [0.2, 0.25) is 0 Å². The van der Waals surface area contributed by atoms with Crippen molar-refractivity contribution in [1.82, 2.24) is 0 Å². The van der Waals surface area contributed by atoms with E-state index in [1.165, 1.54) is 44.2 Å². The SMILES string of the molecule is CC1(C)c2cccc(N(c3ccc(-c4ccccc4)cc3)c3ccc4c(c3)oc3ccccc34)c2-c2c1c1c3ccccc3oc1c1ccccc21. The number of anilines is 3. The van der Waals surface area contributed by atoms with E-state index in [-0.39, 0.29) is 5.41 Å². The first kappa shape index (κ1) is 29.2. The molecule has 246 valence electrons. The summed E-state index contributed by atoms with van der Waals surface area (Å²) in [6, 6.07) is 58.5. The molecule has 0 radical (unpaired) electrons. The molecular formula is C49H33NO2. The number of rotatable bonds is 4. The van der Waals surface area contributed by atoms with Crippen molar-refractivity contribution < 1.29 is 8.83 Å². The molecule has 0 aliphatic heterocycles. The third kappa shape index (κ3) is 4.02. The van der Waals surface area contributed by atoms with Crippen molar-refractivity contribution in [2.24, 2.45) is 0 Å². The molecule has 3 nitrogen and oxygen atoms in total. The van der Waals surface area contributed by atoms with Gasteiger partial charge in [0.15, 0.2) is 0 Å². The van der Waals surface area contributed by atoms with Gasteiger partial charge < -0.3 is 13.7 Å². The summed E-state index contributed by atoms with van der Waals surface area (Å²) < 4.78 is 13.2. The lowest BCUT2D eigenvalue weighted by molar-refractivity contribution is 0.659. The van der Waals surface area contributed by atoms with Crippen LogP contribution in [0.3, 0.4) is 0 Å². The van der Waals surface area contributed by atoms with Gasteiger partial charge in [-0.25, -0.2) is 0 Å². The zero-order valence-corrected chi connectivity index (χ0v) is 28.9. The van der Waals surface area contributed by atoms with Crippen LogP contribution in [0.25, 0.3) is 76.9 Å². The maximum absolute atomic E-state index is 6.69. The first-order valence-corrected chi connectivity index (χ1v) is 17.9. The molecule has 0 amide bonds. The molecule has 2 heterocycles. The smallest absolute Gasteiger partial charge is 0.143 e. The lowest BCUT2D eigenvalue weighted by atomic mass is 9.79. The highest BCUT2D eigenvalue weighted by molar-refractivity contribution is 6.24. The Morgan fingerprint density at radius 1 is 0.442 bits per heavy atom. The van der Waals surface area contributed by atoms with Gasteiger partial charge in [0.25, 0.3) is 0 Å². The van der Waals surface area contributed by atoms with Crippen LogP contribution in [0.2, 0.25) is 0 Å². The summed E-state index contributed by atoms with van der Waals surface area (Å²) in [5.74, 6) is 0. The van der Waals surface area contributed by atoms with Gasteiger partial charge in [-0.1, -0.05) is 129 Å². The number of fused-ring (bicyclic) bond motifs is 13. The van der Waals surface area contributed by atoms with Gasteiger partial charge in [-0.05, 0) is 75.7 Å². The highest BCUT2D eigenvalue weighted by atomic mass is 16.3. The molecule has 11 rings (SSSR count). The second kappa shape index (κ2) is 10.7. The van der Waals surface area contributed by atoms with Crippen molar-refractivity contribution in [1.29, 1.82) is 0 Å². The number of nitrogens with zero attached hydrogens (tertiary/aromatic N) is 1. The van der Waals surface area contributed by atoms with Crippen molar-refractivity contribution in [2.75, 3.05) is 4.90 Å². The third-order valence-corrected chi connectivity index (χ3v) is 11.2. The van der Waals surface area contributed by atoms with Crippen LogP contribution in [0, 0.1) is 0 Å². The third-order valence-electron chi connectivity index (χ3n) is 11.2. The van der Waals surface area contributed by atoms with Crippen LogP contribution in [0.15, 0.2) is 173 Å². The van der Waals surface area contributed by atoms with Crippen LogP contribution >= 0.6 is 0 Å². The molecule has 0 saturated carbocycles. The van der Waals surface area contributed by atoms with Gasteiger partial charge in [-0.3, -0.25) is 0 Å². The molecule has 0 atom stereocenters. The van der Waals surface area contributed by atoms with E-state index in [1.54, 1.807) is 0 Å². The standard InChI is InChI=1S/C49H33NO2/c1-49(2)39-19-12-20-40(46(39)44-36-16-6-7-17-37(36)48-45(47(44)49)38-18-9-11-22-42(38)52-48)50(32-25-23-31(24-26-32)30-13-4-3-5-14-30)33-27-28-35-34-15-8-10-21-41(34)51-43(35)29-33/h3-29H,1-2H3. The van der Waals surface area contributed by atoms with E-state index in [9.17, 15) is 0 Å². The Balaban J connectivity index is 1.22. The zero-order chi connectivity index (χ0) is 34.6. The lowest BCUT2D eigenvalue weighted by Crippen LogP contribution is -2.16. The van der Waals surface area contributed by atoms with E-state index in [0.717, 1.165) is 60.9 Å². The average Bonchev–Trinajstić information content (AvgIpc) is 3.83. The molecule has 3 heteroatoms. The molecule has 52 heavy (non-hydrogen) atoms. The molecule has 0 fully saturated rings. The molecule has 2 aromatic heterocycles. The van der Waals surface area contributed by atoms with Crippen LogP contribution in [-0.2, 0) is 5.41 Å². The van der Waals surface area contributed by atoms with Gasteiger partial charge in [-0.2, -0.15) is 0 Å². The number of benzene rings is 8. The van der Waals surface area contributed by atoms with Gasteiger partial charge in [0, 0.05) is 55.4 Å². The van der Waals surface area contributed by atoms with E-state index in [4.69, 9.17) is 8.83 Å². The molecule has 0 N–H and O–H groups in total. The molecule has 0 spiro atoms. The fourth-order valence-corrected chi connectivity index (χ4v) is 8.89. The Kier molecular flexibility index (Phi) is 6.01. The molecule has 0 bridgehead atoms. The highest BCUT2D eigenvalue weighted by Crippen LogP contribution is 2.59. The van der Waals surface area contributed by atoms with Gasteiger partial charge in [0.1, 0.15) is 22.3 Å². The van der Waals surface area contributed by atoms with Gasteiger partial charge in [0.05, 0.1) is 5.69 Å². The highest BCUT2D eigenvalue weighted by Gasteiger charge is 2.42. The molecule has 10 aromatic rings. The minimum atomic E-state index is -0.291. The van der Waals surface area contributed by atoms with Gasteiger partial charge >= 0.3 is 0 Å². The largest absolute Gasteiger partial charge is 0.456 e. The number of para-hydroxylation sites is 2. The first-order chi connectivity index (χ1) is 25.6. The summed E-state index contributed by atoms with van der Waals surface area (Å²) in [6.07, 6.45) is 0. The van der Waals surface area contributed by atoms with Crippen LogP contribution in [0.1, 0.15) is 25.0 Å².